The van der Waals surface area contributed by atoms with Crippen molar-refractivity contribution in [1.29, 1.82) is 0 Å². The van der Waals surface area contributed by atoms with Gasteiger partial charge in [0, 0.05) is 23.4 Å². The molecule has 0 heterocycles. The Morgan fingerprint density at radius 1 is 1.22 bits per heavy atom. The molecule has 1 N–H and O–H groups in total. The van der Waals surface area contributed by atoms with Crippen LogP contribution in [-0.2, 0) is 0 Å². The van der Waals surface area contributed by atoms with Crippen LogP contribution in [0.25, 0.3) is 0 Å². The van der Waals surface area contributed by atoms with E-state index in [1.165, 1.54) is 5.56 Å². The Labute approximate surface area is 114 Å². The van der Waals surface area contributed by atoms with E-state index >= 15 is 0 Å². The largest absolute Gasteiger partial charge is 0.497 e. The van der Waals surface area contributed by atoms with E-state index in [9.17, 15) is 0 Å². The van der Waals surface area contributed by atoms with Gasteiger partial charge in [-0.25, -0.2) is 0 Å². The SMILES string of the molecule is CCNC(CSCC)c1ccc(OC)cc1OC. The van der Waals surface area contributed by atoms with Gasteiger partial charge in [-0.1, -0.05) is 19.9 Å². The number of benzene rings is 1. The van der Waals surface area contributed by atoms with Crippen molar-refractivity contribution in [2.45, 2.75) is 19.9 Å². The quantitative estimate of drug-likeness (QED) is 0.785. The van der Waals surface area contributed by atoms with Gasteiger partial charge in [-0.3, -0.25) is 0 Å². The van der Waals surface area contributed by atoms with E-state index in [2.05, 4.69) is 25.2 Å². The zero-order chi connectivity index (χ0) is 13.4. The van der Waals surface area contributed by atoms with Crippen LogP contribution in [0.3, 0.4) is 0 Å². The van der Waals surface area contributed by atoms with E-state index in [0.717, 1.165) is 29.5 Å². The molecule has 102 valence electrons. The zero-order valence-corrected chi connectivity index (χ0v) is 12.5. The van der Waals surface area contributed by atoms with Gasteiger partial charge in [0.1, 0.15) is 11.5 Å². The summed E-state index contributed by atoms with van der Waals surface area (Å²) in [6.45, 7) is 5.25. The second-order valence-corrected chi connectivity index (χ2v) is 5.20. The Hall–Kier alpha value is -0.870. The van der Waals surface area contributed by atoms with Crippen molar-refractivity contribution in [2.24, 2.45) is 0 Å². The van der Waals surface area contributed by atoms with Gasteiger partial charge in [0.2, 0.25) is 0 Å². The van der Waals surface area contributed by atoms with E-state index in [4.69, 9.17) is 9.47 Å². The lowest BCUT2D eigenvalue weighted by molar-refractivity contribution is 0.386. The van der Waals surface area contributed by atoms with Crippen LogP contribution in [0.4, 0.5) is 0 Å². The van der Waals surface area contributed by atoms with Gasteiger partial charge in [0.15, 0.2) is 0 Å². The number of hydrogen-bond acceptors (Lipinski definition) is 4. The Bertz CT molecular complexity index is 358. The lowest BCUT2D eigenvalue weighted by atomic mass is 10.1. The molecule has 0 aliphatic carbocycles. The van der Waals surface area contributed by atoms with E-state index in [1.807, 2.05) is 23.9 Å². The second kappa shape index (κ2) is 8.27. The van der Waals surface area contributed by atoms with Gasteiger partial charge in [0.25, 0.3) is 0 Å². The maximum absolute atomic E-state index is 5.47. The van der Waals surface area contributed by atoms with Crippen molar-refractivity contribution in [3.63, 3.8) is 0 Å². The van der Waals surface area contributed by atoms with Gasteiger partial charge < -0.3 is 14.8 Å². The van der Waals surface area contributed by atoms with Crippen LogP contribution in [0.1, 0.15) is 25.5 Å². The Morgan fingerprint density at radius 2 is 2.00 bits per heavy atom. The van der Waals surface area contributed by atoms with Crippen molar-refractivity contribution < 1.29 is 9.47 Å². The molecule has 1 rings (SSSR count). The standard InChI is InChI=1S/C14H23NO2S/c1-5-15-13(10-18-6-2)12-8-7-11(16-3)9-14(12)17-4/h7-9,13,15H,5-6,10H2,1-4H3. The number of rotatable bonds is 8. The molecule has 18 heavy (non-hydrogen) atoms. The predicted octanol–water partition coefficient (Wildman–Crippen LogP) is 3.11. The van der Waals surface area contributed by atoms with Crippen molar-refractivity contribution in [1.82, 2.24) is 5.32 Å². The maximum atomic E-state index is 5.47. The molecule has 0 aromatic heterocycles. The number of hydrogen-bond donors (Lipinski definition) is 1. The zero-order valence-electron chi connectivity index (χ0n) is 11.7. The molecule has 1 aromatic rings. The summed E-state index contributed by atoms with van der Waals surface area (Å²) in [5.41, 5.74) is 1.20. The van der Waals surface area contributed by atoms with Crippen molar-refractivity contribution in [3.8, 4) is 11.5 Å². The van der Waals surface area contributed by atoms with Gasteiger partial charge in [-0.15, -0.1) is 0 Å². The molecule has 0 saturated heterocycles. The number of ether oxygens (including phenoxy) is 2. The van der Waals surface area contributed by atoms with E-state index in [0.29, 0.717) is 6.04 Å². The first-order chi connectivity index (χ1) is 8.76. The fourth-order valence-electron chi connectivity index (χ4n) is 1.85. The summed E-state index contributed by atoms with van der Waals surface area (Å²) < 4.78 is 10.7. The summed E-state index contributed by atoms with van der Waals surface area (Å²) in [5, 5.41) is 3.50. The van der Waals surface area contributed by atoms with Crippen LogP contribution >= 0.6 is 11.8 Å². The van der Waals surface area contributed by atoms with Crippen LogP contribution in [-0.4, -0.2) is 32.3 Å². The van der Waals surface area contributed by atoms with Crippen LogP contribution in [0.15, 0.2) is 18.2 Å². The smallest absolute Gasteiger partial charge is 0.127 e. The summed E-state index contributed by atoms with van der Waals surface area (Å²) in [5.74, 6) is 3.89. The maximum Gasteiger partial charge on any atom is 0.127 e. The fourth-order valence-corrected chi connectivity index (χ4v) is 2.62. The lowest BCUT2D eigenvalue weighted by Gasteiger charge is -2.20. The molecule has 1 aromatic carbocycles. The molecule has 0 aliphatic heterocycles. The topological polar surface area (TPSA) is 30.5 Å². The molecule has 4 heteroatoms. The van der Waals surface area contributed by atoms with Gasteiger partial charge in [-0.2, -0.15) is 11.8 Å². The van der Waals surface area contributed by atoms with Crippen LogP contribution in [0, 0.1) is 0 Å². The minimum absolute atomic E-state index is 0.320. The molecule has 0 bridgehead atoms. The molecular weight excluding hydrogens is 246 g/mol. The number of thioether (sulfide) groups is 1. The molecule has 1 unspecified atom stereocenters. The average Bonchev–Trinajstić information content (AvgIpc) is 2.42. The third-order valence-corrected chi connectivity index (χ3v) is 3.73. The van der Waals surface area contributed by atoms with Crippen LogP contribution in [0.2, 0.25) is 0 Å². The summed E-state index contributed by atoms with van der Waals surface area (Å²) in [6.07, 6.45) is 0. The van der Waals surface area contributed by atoms with Gasteiger partial charge >= 0.3 is 0 Å². The minimum Gasteiger partial charge on any atom is -0.497 e. The third-order valence-electron chi connectivity index (χ3n) is 2.76. The van der Waals surface area contributed by atoms with Crippen LogP contribution < -0.4 is 14.8 Å². The van der Waals surface area contributed by atoms with Gasteiger partial charge in [0.05, 0.1) is 14.2 Å². The van der Waals surface area contributed by atoms with E-state index in [1.54, 1.807) is 14.2 Å². The Kier molecular flexibility index (Phi) is 6.98. The van der Waals surface area contributed by atoms with Gasteiger partial charge in [-0.05, 0) is 18.4 Å². The number of nitrogens with one attached hydrogen (secondary N) is 1. The monoisotopic (exact) mass is 269 g/mol. The first-order valence-corrected chi connectivity index (χ1v) is 7.45. The first-order valence-electron chi connectivity index (χ1n) is 6.29. The van der Waals surface area contributed by atoms with Crippen LogP contribution in [0.5, 0.6) is 11.5 Å². The lowest BCUT2D eigenvalue weighted by Crippen LogP contribution is -2.23. The molecule has 0 amide bonds. The molecule has 0 fully saturated rings. The summed E-state index contributed by atoms with van der Waals surface area (Å²) >= 11 is 1.93. The second-order valence-electron chi connectivity index (χ2n) is 3.88. The molecule has 0 spiro atoms. The highest BCUT2D eigenvalue weighted by Gasteiger charge is 2.15. The average molecular weight is 269 g/mol. The van der Waals surface area contributed by atoms with E-state index in [-0.39, 0.29) is 0 Å². The number of methoxy groups -OCH3 is 2. The molecule has 0 saturated carbocycles. The highest BCUT2D eigenvalue weighted by molar-refractivity contribution is 7.99. The minimum atomic E-state index is 0.320. The molecule has 3 nitrogen and oxygen atoms in total. The summed E-state index contributed by atoms with van der Waals surface area (Å²) in [7, 11) is 3.37. The fraction of sp³-hybridized carbons (Fsp3) is 0.571. The Balaban J connectivity index is 2.94. The molecule has 0 radical (unpaired) electrons. The summed E-state index contributed by atoms with van der Waals surface area (Å²) in [4.78, 5) is 0. The van der Waals surface area contributed by atoms with Crippen molar-refractivity contribution in [3.05, 3.63) is 23.8 Å². The molecule has 0 aliphatic rings. The summed E-state index contributed by atoms with van der Waals surface area (Å²) in [6, 6.07) is 6.33. The highest BCUT2D eigenvalue weighted by atomic mass is 32.2. The molecule has 1 atom stereocenters. The Morgan fingerprint density at radius 3 is 2.56 bits per heavy atom. The first kappa shape index (κ1) is 15.2. The third kappa shape index (κ3) is 4.10. The normalized spacial score (nSPS) is 12.2. The van der Waals surface area contributed by atoms with Crippen molar-refractivity contribution in [2.75, 3.05) is 32.3 Å². The highest BCUT2D eigenvalue weighted by Crippen LogP contribution is 2.31. The predicted molar refractivity (Wildman–Crippen MR) is 79.0 cm³/mol. The van der Waals surface area contributed by atoms with E-state index < -0.39 is 0 Å². The van der Waals surface area contributed by atoms with Crippen molar-refractivity contribution >= 4 is 11.8 Å². The molecular formula is C14H23NO2S.